The Hall–Kier alpha value is -1.78. The van der Waals surface area contributed by atoms with Gasteiger partial charge in [0.15, 0.2) is 9.84 Å². The van der Waals surface area contributed by atoms with Crippen LogP contribution in [0.1, 0.15) is 22.7 Å². The van der Waals surface area contributed by atoms with Gasteiger partial charge in [-0.15, -0.1) is 0 Å². The van der Waals surface area contributed by atoms with E-state index in [-0.39, 0.29) is 29.1 Å². The lowest BCUT2D eigenvalue weighted by Crippen LogP contribution is -2.41. The zero-order valence-electron chi connectivity index (χ0n) is 14.9. The zero-order chi connectivity index (χ0) is 18.6. The Morgan fingerprint density at radius 3 is 2.81 bits per heavy atom. The van der Waals surface area contributed by atoms with Gasteiger partial charge in [0.05, 0.1) is 24.7 Å². The summed E-state index contributed by atoms with van der Waals surface area (Å²) >= 11 is 0. The average Bonchev–Trinajstić information content (AvgIpc) is 2.93. The number of aryl methyl sites for hydroxylation is 1. The predicted molar refractivity (Wildman–Crippen MR) is 97.0 cm³/mol. The largest absolute Gasteiger partial charge is 0.379 e. The monoisotopic (exact) mass is 383 g/mol. The normalized spacial score (nSPS) is 22.9. The highest BCUT2D eigenvalue weighted by molar-refractivity contribution is 7.91. The van der Waals surface area contributed by atoms with Crippen LogP contribution in [0.25, 0.3) is 0 Å². The van der Waals surface area contributed by atoms with Crippen LogP contribution >= 0.6 is 0 Å². The number of aromatic nitrogens is 2. The van der Waals surface area contributed by atoms with Gasteiger partial charge in [0.1, 0.15) is 17.3 Å². The van der Waals surface area contributed by atoms with Crippen molar-refractivity contribution in [2.24, 2.45) is 0 Å². The Morgan fingerprint density at radius 1 is 1.35 bits per heavy atom. The number of ether oxygens (including phenoxy) is 1. The van der Waals surface area contributed by atoms with Crippen molar-refractivity contribution in [2.75, 3.05) is 56.2 Å². The van der Waals surface area contributed by atoms with Crippen molar-refractivity contribution in [3.05, 3.63) is 17.6 Å². The second-order valence-electron chi connectivity index (χ2n) is 6.64. The zero-order valence-corrected chi connectivity index (χ0v) is 15.7. The Morgan fingerprint density at radius 2 is 2.12 bits per heavy atom. The molecule has 1 atom stereocenters. The first-order valence-corrected chi connectivity index (χ1v) is 10.6. The summed E-state index contributed by atoms with van der Waals surface area (Å²) in [5, 5.41) is 5.98. The Labute approximate surface area is 153 Å². The van der Waals surface area contributed by atoms with Crippen molar-refractivity contribution in [3.63, 3.8) is 0 Å². The summed E-state index contributed by atoms with van der Waals surface area (Å²) in [7, 11) is -2.97. The molecule has 0 aromatic carbocycles. The molecule has 0 radical (unpaired) electrons. The average molecular weight is 383 g/mol. The van der Waals surface area contributed by atoms with Crippen LogP contribution in [-0.2, 0) is 14.6 Å². The number of nitrogens with zero attached hydrogens (tertiary/aromatic N) is 3. The van der Waals surface area contributed by atoms with Crippen LogP contribution in [-0.4, -0.2) is 86.1 Å². The molecule has 2 aliphatic rings. The maximum Gasteiger partial charge on any atom is 0.270 e. The van der Waals surface area contributed by atoms with Crippen molar-refractivity contribution in [2.45, 2.75) is 19.4 Å². The molecule has 26 heavy (non-hydrogen) atoms. The molecule has 1 aromatic rings. The van der Waals surface area contributed by atoms with Gasteiger partial charge in [0.2, 0.25) is 0 Å². The summed E-state index contributed by atoms with van der Waals surface area (Å²) in [6, 6.07) is 1.40. The molecule has 0 aliphatic carbocycles. The lowest BCUT2D eigenvalue weighted by atomic mass is 10.2. The van der Waals surface area contributed by atoms with Crippen LogP contribution in [0.5, 0.6) is 0 Å². The summed E-state index contributed by atoms with van der Waals surface area (Å²) in [4.78, 5) is 23.1. The molecule has 2 aliphatic heterocycles. The van der Waals surface area contributed by atoms with Crippen LogP contribution in [0.2, 0.25) is 0 Å². The fraction of sp³-hybridized carbons (Fsp3) is 0.688. The molecule has 3 heterocycles. The van der Waals surface area contributed by atoms with Gasteiger partial charge in [0.25, 0.3) is 5.91 Å². The van der Waals surface area contributed by atoms with Crippen LogP contribution in [0.4, 0.5) is 5.82 Å². The quantitative estimate of drug-likeness (QED) is 0.672. The molecular weight excluding hydrogens is 358 g/mol. The van der Waals surface area contributed by atoms with E-state index in [1.807, 2.05) is 0 Å². The summed E-state index contributed by atoms with van der Waals surface area (Å²) in [5.74, 6) is 0.971. The predicted octanol–water partition coefficient (Wildman–Crippen LogP) is -0.554. The highest BCUT2D eigenvalue weighted by atomic mass is 32.2. The molecule has 0 saturated carbocycles. The van der Waals surface area contributed by atoms with Crippen molar-refractivity contribution < 1.29 is 17.9 Å². The summed E-state index contributed by atoms with van der Waals surface area (Å²) in [5.41, 5.74) is 0.280. The molecule has 2 saturated heterocycles. The third-order valence-electron chi connectivity index (χ3n) is 4.47. The van der Waals surface area contributed by atoms with Crippen molar-refractivity contribution >= 4 is 21.6 Å². The molecule has 2 N–H and O–H groups in total. The number of rotatable bonds is 6. The third kappa shape index (κ3) is 5.36. The Balaban J connectivity index is 1.55. The smallest absolute Gasteiger partial charge is 0.270 e. The van der Waals surface area contributed by atoms with Gasteiger partial charge in [-0.2, -0.15) is 0 Å². The fourth-order valence-corrected chi connectivity index (χ4v) is 4.79. The molecule has 144 valence electrons. The molecule has 1 unspecified atom stereocenters. The minimum atomic E-state index is -2.97. The molecule has 0 bridgehead atoms. The number of morpholine rings is 1. The molecule has 2 fully saturated rings. The minimum Gasteiger partial charge on any atom is -0.379 e. The lowest BCUT2D eigenvalue weighted by Gasteiger charge is -2.26. The van der Waals surface area contributed by atoms with Crippen LogP contribution < -0.4 is 10.6 Å². The second kappa shape index (κ2) is 8.28. The summed E-state index contributed by atoms with van der Waals surface area (Å²) < 4.78 is 28.4. The van der Waals surface area contributed by atoms with E-state index in [0.29, 0.717) is 24.6 Å². The second-order valence-corrected chi connectivity index (χ2v) is 8.87. The van der Waals surface area contributed by atoms with Gasteiger partial charge in [-0.25, -0.2) is 18.4 Å². The SMILES string of the molecule is Cc1nc(NC2CCS(=O)(=O)C2)cc(C(=O)NCCN2CCOCC2)n1. The topological polar surface area (TPSA) is 114 Å². The van der Waals surface area contributed by atoms with Crippen molar-refractivity contribution in [1.82, 2.24) is 20.2 Å². The maximum atomic E-state index is 12.4. The molecular formula is C16H25N5O4S. The highest BCUT2D eigenvalue weighted by Gasteiger charge is 2.28. The van der Waals surface area contributed by atoms with E-state index in [9.17, 15) is 13.2 Å². The first-order chi connectivity index (χ1) is 12.4. The van der Waals surface area contributed by atoms with Crippen molar-refractivity contribution in [3.8, 4) is 0 Å². The lowest BCUT2D eigenvalue weighted by molar-refractivity contribution is 0.0383. The van der Waals surface area contributed by atoms with Crippen molar-refractivity contribution in [1.29, 1.82) is 0 Å². The van der Waals surface area contributed by atoms with E-state index in [1.54, 1.807) is 13.0 Å². The number of nitrogens with one attached hydrogen (secondary N) is 2. The van der Waals surface area contributed by atoms with Crippen LogP contribution in [0, 0.1) is 6.92 Å². The van der Waals surface area contributed by atoms with E-state index in [1.165, 1.54) is 0 Å². The number of anilines is 1. The molecule has 10 heteroatoms. The number of hydrogen-bond acceptors (Lipinski definition) is 8. The maximum absolute atomic E-state index is 12.4. The van der Waals surface area contributed by atoms with Crippen LogP contribution in [0.15, 0.2) is 6.07 Å². The van der Waals surface area contributed by atoms with E-state index in [4.69, 9.17) is 4.74 Å². The standard InChI is InChI=1S/C16H25N5O4S/c1-12-18-14(16(22)17-3-4-21-5-7-25-8-6-21)10-15(19-12)20-13-2-9-26(23,24)11-13/h10,13H,2-9,11H2,1H3,(H,17,22)(H,18,19,20). The molecule has 1 amide bonds. The van der Waals surface area contributed by atoms with Crippen LogP contribution in [0.3, 0.4) is 0 Å². The molecule has 0 spiro atoms. The van der Waals surface area contributed by atoms with E-state index < -0.39 is 9.84 Å². The van der Waals surface area contributed by atoms with E-state index >= 15 is 0 Å². The van der Waals surface area contributed by atoms with E-state index in [0.717, 1.165) is 32.8 Å². The molecule has 3 rings (SSSR count). The van der Waals surface area contributed by atoms with Gasteiger partial charge >= 0.3 is 0 Å². The van der Waals surface area contributed by atoms with Gasteiger partial charge < -0.3 is 15.4 Å². The summed E-state index contributed by atoms with van der Waals surface area (Å²) in [6.07, 6.45) is 0.548. The number of hydrogen-bond donors (Lipinski definition) is 2. The first kappa shape index (κ1) is 19.0. The first-order valence-electron chi connectivity index (χ1n) is 8.82. The number of carbonyl (C=O) groups is 1. The van der Waals surface area contributed by atoms with Gasteiger partial charge in [-0.1, -0.05) is 0 Å². The minimum absolute atomic E-state index is 0.0944. The molecule has 9 nitrogen and oxygen atoms in total. The Bertz CT molecular complexity index is 749. The van der Waals surface area contributed by atoms with E-state index in [2.05, 4.69) is 25.5 Å². The highest BCUT2D eigenvalue weighted by Crippen LogP contribution is 2.17. The fourth-order valence-electron chi connectivity index (χ4n) is 3.12. The third-order valence-corrected chi connectivity index (χ3v) is 6.24. The number of carbonyl (C=O) groups excluding carboxylic acids is 1. The van der Waals surface area contributed by atoms with Gasteiger partial charge in [-0.3, -0.25) is 9.69 Å². The Kier molecular flexibility index (Phi) is 6.05. The van der Waals surface area contributed by atoms with Gasteiger partial charge in [-0.05, 0) is 13.3 Å². The number of amides is 1. The summed E-state index contributed by atoms with van der Waals surface area (Å²) in [6.45, 7) is 6.22. The molecule has 1 aromatic heterocycles. The number of sulfone groups is 1. The van der Waals surface area contributed by atoms with Gasteiger partial charge in [0, 0.05) is 38.3 Å².